The summed E-state index contributed by atoms with van der Waals surface area (Å²) in [6, 6.07) is 0.739. The summed E-state index contributed by atoms with van der Waals surface area (Å²) >= 11 is 0. The average Bonchev–Trinajstić information content (AvgIpc) is 3.15. The molecule has 1 unspecified atom stereocenters. The summed E-state index contributed by atoms with van der Waals surface area (Å²) in [6.07, 6.45) is 8.65. The summed E-state index contributed by atoms with van der Waals surface area (Å²) in [5.74, 6) is 1.90. The van der Waals surface area contributed by atoms with Crippen molar-refractivity contribution in [1.82, 2.24) is 10.2 Å². The van der Waals surface area contributed by atoms with Crippen molar-refractivity contribution in [3.8, 4) is 0 Å². The van der Waals surface area contributed by atoms with E-state index in [0.29, 0.717) is 0 Å². The van der Waals surface area contributed by atoms with Gasteiger partial charge in [-0.15, -0.1) is 0 Å². The Bertz CT molecular complexity index is 237. The summed E-state index contributed by atoms with van der Waals surface area (Å²) < 4.78 is 5.25. The van der Waals surface area contributed by atoms with Crippen molar-refractivity contribution in [3.63, 3.8) is 0 Å². The normalized spacial score (nSPS) is 22.3. The standard InChI is InChI=1S/C16H32N2O/c1-14(16-7-8-16)18(11-12-19-2)10-9-17-13-15-5-3-4-6-15/h14-17H,3-13H2,1-2H3. The van der Waals surface area contributed by atoms with Crippen LogP contribution in [-0.4, -0.2) is 50.8 Å². The molecule has 19 heavy (non-hydrogen) atoms. The first kappa shape index (κ1) is 15.3. The fraction of sp³-hybridized carbons (Fsp3) is 1.00. The highest BCUT2D eigenvalue weighted by molar-refractivity contribution is 4.85. The Hall–Kier alpha value is -0.120. The lowest BCUT2D eigenvalue weighted by Gasteiger charge is -2.29. The molecule has 0 aromatic rings. The number of rotatable bonds is 10. The Labute approximate surface area is 119 Å². The molecule has 2 rings (SSSR count). The second-order valence-electron chi connectivity index (χ2n) is 6.46. The number of hydrogen-bond acceptors (Lipinski definition) is 3. The first-order valence-electron chi connectivity index (χ1n) is 8.25. The van der Waals surface area contributed by atoms with E-state index in [-0.39, 0.29) is 0 Å². The fourth-order valence-corrected chi connectivity index (χ4v) is 3.35. The summed E-state index contributed by atoms with van der Waals surface area (Å²) in [4.78, 5) is 2.61. The largest absolute Gasteiger partial charge is 0.383 e. The van der Waals surface area contributed by atoms with Crippen LogP contribution in [0.2, 0.25) is 0 Å². The predicted octanol–water partition coefficient (Wildman–Crippen LogP) is 2.51. The molecule has 0 aromatic heterocycles. The van der Waals surface area contributed by atoms with Gasteiger partial charge in [0.1, 0.15) is 0 Å². The van der Waals surface area contributed by atoms with Crippen molar-refractivity contribution in [2.75, 3.05) is 39.9 Å². The van der Waals surface area contributed by atoms with Crippen molar-refractivity contribution in [3.05, 3.63) is 0 Å². The van der Waals surface area contributed by atoms with E-state index in [2.05, 4.69) is 17.1 Å². The van der Waals surface area contributed by atoms with Gasteiger partial charge < -0.3 is 10.1 Å². The van der Waals surface area contributed by atoms with Gasteiger partial charge in [-0.3, -0.25) is 4.90 Å². The van der Waals surface area contributed by atoms with E-state index in [0.717, 1.165) is 37.6 Å². The van der Waals surface area contributed by atoms with Crippen LogP contribution < -0.4 is 5.32 Å². The topological polar surface area (TPSA) is 24.5 Å². The van der Waals surface area contributed by atoms with Crippen LogP contribution in [0.5, 0.6) is 0 Å². The lowest BCUT2D eigenvalue weighted by atomic mass is 10.1. The number of nitrogens with zero attached hydrogens (tertiary/aromatic N) is 1. The van der Waals surface area contributed by atoms with Crippen molar-refractivity contribution >= 4 is 0 Å². The molecule has 0 aliphatic heterocycles. The van der Waals surface area contributed by atoms with E-state index in [1.165, 1.54) is 51.6 Å². The molecule has 2 fully saturated rings. The van der Waals surface area contributed by atoms with E-state index in [9.17, 15) is 0 Å². The Kier molecular flexibility index (Phi) is 6.62. The third-order valence-corrected chi connectivity index (χ3v) is 4.95. The van der Waals surface area contributed by atoms with Crippen LogP contribution >= 0.6 is 0 Å². The Morgan fingerprint density at radius 3 is 2.53 bits per heavy atom. The van der Waals surface area contributed by atoms with Gasteiger partial charge in [-0.1, -0.05) is 12.8 Å². The maximum atomic E-state index is 5.25. The summed E-state index contributed by atoms with van der Waals surface area (Å²) in [7, 11) is 1.80. The molecule has 1 N–H and O–H groups in total. The van der Waals surface area contributed by atoms with Gasteiger partial charge >= 0.3 is 0 Å². The van der Waals surface area contributed by atoms with Gasteiger partial charge in [-0.05, 0) is 51.0 Å². The molecule has 0 amide bonds. The summed E-state index contributed by atoms with van der Waals surface area (Å²) in [5, 5.41) is 3.67. The Morgan fingerprint density at radius 2 is 1.89 bits per heavy atom. The fourth-order valence-electron chi connectivity index (χ4n) is 3.35. The first-order chi connectivity index (χ1) is 9.31. The Balaban J connectivity index is 1.60. The minimum Gasteiger partial charge on any atom is -0.383 e. The zero-order valence-corrected chi connectivity index (χ0v) is 12.9. The molecule has 2 saturated carbocycles. The van der Waals surface area contributed by atoms with Crippen LogP contribution in [0.25, 0.3) is 0 Å². The molecule has 112 valence electrons. The SMILES string of the molecule is COCCN(CCNCC1CCCC1)C(C)C1CC1. The van der Waals surface area contributed by atoms with Crippen LogP contribution in [0.4, 0.5) is 0 Å². The van der Waals surface area contributed by atoms with Gasteiger partial charge in [0.2, 0.25) is 0 Å². The van der Waals surface area contributed by atoms with E-state index >= 15 is 0 Å². The molecule has 0 heterocycles. The van der Waals surface area contributed by atoms with Gasteiger partial charge in [0.15, 0.2) is 0 Å². The van der Waals surface area contributed by atoms with Crippen molar-refractivity contribution < 1.29 is 4.74 Å². The lowest BCUT2D eigenvalue weighted by molar-refractivity contribution is 0.117. The highest BCUT2D eigenvalue weighted by Gasteiger charge is 2.31. The van der Waals surface area contributed by atoms with Gasteiger partial charge in [0, 0.05) is 32.8 Å². The van der Waals surface area contributed by atoms with E-state index in [1.54, 1.807) is 7.11 Å². The van der Waals surface area contributed by atoms with Gasteiger partial charge in [-0.2, -0.15) is 0 Å². The maximum absolute atomic E-state index is 5.25. The third-order valence-electron chi connectivity index (χ3n) is 4.95. The molecule has 2 aliphatic rings. The zero-order valence-electron chi connectivity index (χ0n) is 12.9. The molecular weight excluding hydrogens is 236 g/mol. The first-order valence-corrected chi connectivity index (χ1v) is 8.25. The minimum absolute atomic E-state index is 0.739. The van der Waals surface area contributed by atoms with E-state index in [1.807, 2.05) is 0 Å². The Morgan fingerprint density at radius 1 is 1.16 bits per heavy atom. The molecule has 0 aromatic carbocycles. The number of methoxy groups -OCH3 is 1. The number of ether oxygens (including phenoxy) is 1. The van der Waals surface area contributed by atoms with E-state index in [4.69, 9.17) is 4.74 Å². The highest BCUT2D eigenvalue weighted by atomic mass is 16.5. The smallest absolute Gasteiger partial charge is 0.0589 e. The van der Waals surface area contributed by atoms with Crippen LogP contribution in [-0.2, 0) is 4.74 Å². The molecule has 0 bridgehead atoms. The molecule has 3 nitrogen and oxygen atoms in total. The van der Waals surface area contributed by atoms with Gasteiger partial charge in [0.25, 0.3) is 0 Å². The molecule has 3 heteroatoms. The van der Waals surface area contributed by atoms with Crippen molar-refractivity contribution in [1.29, 1.82) is 0 Å². The van der Waals surface area contributed by atoms with Crippen LogP contribution in [0.1, 0.15) is 45.4 Å². The average molecular weight is 268 g/mol. The third kappa shape index (κ3) is 5.41. The van der Waals surface area contributed by atoms with Crippen molar-refractivity contribution in [2.24, 2.45) is 11.8 Å². The number of nitrogens with one attached hydrogen (secondary N) is 1. The molecule has 1 atom stereocenters. The minimum atomic E-state index is 0.739. The van der Waals surface area contributed by atoms with Crippen LogP contribution in [0, 0.1) is 11.8 Å². The van der Waals surface area contributed by atoms with E-state index < -0.39 is 0 Å². The van der Waals surface area contributed by atoms with Crippen LogP contribution in [0.15, 0.2) is 0 Å². The maximum Gasteiger partial charge on any atom is 0.0589 e. The zero-order chi connectivity index (χ0) is 13.5. The van der Waals surface area contributed by atoms with Crippen molar-refractivity contribution in [2.45, 2.75) is 51.5 Å². The predicted molar refractivity (Wildman–Crippen MR) is 80.5 cm³/mol. The second kappa shape index (κ2) is 8.23. The summed E-state index contributed by atoms with van der Waals surface area (Å²) in [5.41, 5.74) is 0. The second-order valence-corrected chi connectivity index (χ2v) is 6.46. The highest BCUT2D eigenvalue weighted by Crippen LogP contribution is 2.34. The lowest BCUT2D eigenvalue weighted by Crippen LogP contribution is -2.42. The van der Waals surface area contributed by atoms with Crippen LogP contribution in [0.3, 0.4) is 0 Å². The quantitative estimate of drug-likeness (QED) is 0.616. The molecule has 0 radical (unpaired) electrons. The molecule has 0 saturated heterocycles. The van der Waals surface area contributed by atoms with Gasteiger partial charge in [-0.25, -0.2) is 0 Å². The summed E-state index contributed by atoms with van der Waals surface area (Å²) in [6.45, 7) is 7.88. The monoisotopic (exact) mass is 268 g/mol. The molecule has 0 spiro atoms. The molecule has 2 aliphatic carbocycles. The number of hydrogen-bond donors (Lipinski definition) is 1. The molecular formula is C16H32N2O. The van der Waals surface area contributed by atoms with Gasteiger partial charge in [0.05, 0.1) is 6.61 Å².